The molecule has 0 saturated heterocycles. The van der Waals surface area contributed by atoms with Crippen molar-refractivity contribution in [1.29, 1.82) is 0 Å². The van der Waals surface area contributed by atoms with E-state index in [-0.39, 0.29) is 0 Å². The van der Waals surface area contributed by atoms with E-state index < -0.39 is 11.9 Å². The van der Waals surface area contributed by atoms with Gasteiger partial charge in [-0.15, -0.1) is 0 Å². The maximum atomic E-state index is 11.9. The van der Waals surface area contributed by atoms with Crippen LogP contribution in [0.25, 0.3) is 0 Å². The molecule has 0 aromatic heterocycles. The van der Waals surface area contributed by atoms with Crippen molar-refractivity contribution < 1.29 is 38.0 Å². The van der Waals surface area contributed by atoms with Crippen molar-refractivity contribution in [1.82, 2.24) is 0 Å². The number of ether oxygens (including phenoxy) is 6. The monoisotopic (exact) mass is 404 g/mol. The van der Waals surface area contributed by atoms with Crippen LogP contribution in [0.2, 0.25) is 0 Å². The molecule has 0 heterocycles. The fourth-order valence-corrected chi connectivity index (χ4v) is 2.96. The maximum absolute atomic E-state index is 11.9. The van der Waals surface area contributed by atoms with Crippen LogP contribution in [0.5, 0.6) is 23.0 Å². The second-order valence-corrected chi connectivity index (χ2v) is 5.88. The number of hydrogen-bond acceptors (Lipinski definition) is 8. The highest BCUT2D eigenvalue weighted by atomic mass is 16.5. The number of hydrogen-bond donors (Lipinski definition) is 0. The van der Waals surface area contributed by atoms with Crippen molar-refractivity contribution in [2.24, 2.45) is 0 Å². The van der Waals surface area contributed by atoms with Crippen LogP contribution < -0.4 is 18.9 Å². The summed E-state index contributed by atoms with van der Waals surface area (Å²) in [4.78, 5) is 23.9. The smallest absolute Gasteiger partial charge is 0.338 e. The Morgan fingerprint density at radius 3 is 1.07 bits per heavy atom. The van der Waals surface area contributed by atoms with Crippen LogP contribution in [0, 0.1) is 0 Å². The lowest BCUT2D eigenvalue weighted by atomic mass is 9.98. The molecule has 0 aliphatic carbocycles. The van der Waals surface area contributed by atoms with Crippen LogP contribution in [0.3, 0.4) is 0 Å². The van der Waals surface area contributed by atoms with Crippen molar-refractivity contribution >= 4 is 11.9 Å². The highest BCUT2D eigenvalue weighted by Crippen LogP contribution is 2.39. The fourth-order valence-electron chi connectivity index (χ4n) is 2.96. The Hall–Kier alpha value is -3.42. The Bertz CT molecular complexity index is 780. The van der Waals surface area contributed by atoms with Crippen LogP contribution in [0.15, 0.2) is 24.3 Å². The van der Waals surface area contributed by atoms with Gasteiger partial charge in [-0.1, -0.05) is 0 Å². The van der Waals surface area contributed by atoms with Gasteiger partial charge in [0.1, 0.15) is 23.0 Å². The second kappa shape index (κ2) is 9.68. The second-order valence-electron chi connectivity index (χ2n) is 5.88. The van der Waals surface area contributed by atoms with E-state index in [0.29, 0.717) is 51.7 Å². The van der Waals surface area contributed by atoms with Crippen molar-refractivity contribution in [2.75, 3.05) is 42.7 Å². The lowest BCUT2D eigenvalue weighted by molar-refractivity contribution is 0.0591. The van der Waals surface area contributed by atoms with Crippen LogP contribution in [0.1, 0.15) is 31.8 Å². The topological polar surface area (TPSA) is 89.5 Å². The van der Waals surface area contributed by atoms with Gasteiger partial charge < -0.3 is 28.4 Å². The molecule has 29 heavy (non-hydrogen) atoms. The predicted molar refractivity (Wildman–Crippen MR) is 105 cm³/mol. The van der Waals surface area contributed by atoms with E-state index >= 15 is 0 Å². The minimum atomic E-state index is -0.509. The number of rotatable bonds is 8. The quantitative estimate of drug-likeness (QED) is 0.621. The normalized spacial score (nSPS) is 10.1. The molecule has 2 aromatic carbocycles. The average Bonchev–Trinajstić information content (AvgIpc) is 2.77. The van der Waals surface area contributed by atoms with Gasteiger partial charge in [0.25, 0.3) is 0 Å². The SMILES string of the molecule is COC(=O)c1cc(OC)c(Cc2c(OC)cc(C(=O)OC)cc2OC)c(OC)c1. The van der Waals surface area contributed by atoms with Crippen molar-refractivity contribution in [3.8, 4) is 23.0 Å². The van der Waals surface area contributed by atoms with Gasteiger partial charge in [0.15, 0.2) is 0 Å². The van der Waals surface area contributed by atoms with Gasteiger partial charge in [-0.05, 0) is 24.3 Å². The van der Waals surface area contributed by atoms with Gasteiger partial charge in [0.05, 0.1) is 53.8 Å². The van der Waals surface area contributed by atoms with E-state index in [1.807, 2.05) is 0 Å². The molecule has 0 atom stereocenters. The molecule has 0 aliphatic heterocycles. The molecule has 0 aliphatic rings. The van der Waals surface area contributed by atoms with E-state index in [1.165, 1.54) is 42.7 Å². The first-order valence-electron chi connectivity index (χ1n) is 8.60. The molecular weight excluding hydrogens is 380 g/mol. The summed E-state index contributed by atoms with van der Waals surface area (Å²) < 4.78 is 31.5. The number of benzene rings is 2. The number of carbonyl (C=O) groups is 2. The summed E-state index contributed by atoms with van der Waals surface area (Å²) >= 11 is 0. The van der Waals surface area contributed by atoms with Crippen molar-refractivity contribution in [3.63, 3.8) is 0 Å². The number of methoxy groups -OCH3 is 6. The van der Waals surface area contributed by atoms with Gasteiger partial charge in [-0.25, -0.2) is 9.59 Å². The Kier molecular flexibility index (Phi) is 7.30. The highest BCUT2D eigenvalue weighted by Gasteiger charge is 2.22. The summed E-state index contributed by atoms with van der Waals surface area (Å²) in [5.74, 6) is 0.727. The average molecular weight is 404 g/mol. The minimum absolute atomic E-state index is 0.293. The van der Waals surface area contributed by atoms with E-state index in [9.17, 15) is 9.59 Å². The molecule has 2 rings (SSSR count). The number of carbonyl (C=O) groups excluding carboxylic acids is 2. The lowest BCUT2D eigenvalue weighted by Gasteiger charge is -2.18. The van der Waals surface area contributed by atoms with Crippen LogP contribution >= 0.6 is 0 Å². The zero-order chi connectivity index (χ0) is 21.6. The summed E-state index contributed by atoms with van der Waals surface area (Å²) in [7, 11) is 8.58. The van der Waals surface area contributed by atoms with E-state index in [0.717, 1.165) is 0 Å². The van der Waals surface area contributed by atoms with E-state index in [4.69, 9.17) is 28.4 Å². The van der Waals surface area contributed by atoms with E-state index in [1.54, 1.807) is 24.3 Å². The molecule has 0 amide bonds. The Morgan fingerprint density at radius 1 is 0.586 bits per heavy atom. The van der Waals surface area contributed by atoms with Gasteiger partial charge in [-0.2, -0.15) is 0 Å². The van der Waals surface area contributed by atoms with Crippen LogP contribution in [0.4, 0.5) is 0 Å². The Morgan fingerprint density at radius 2 is 0.862 bits per heavy atom. The molecule has 0 bridgehead atoms. The standard InChI is InChI=1S/C21H24O8/c1-24-16-7-12(20(22)28-5)8-17(25-2)14(16)11-15-18(26-3)9-13(21(23)29-6)10-19(15)27-4/h7-10H,11H2,1-6H3. The summed E-state index contributed by atoms with van der Waals surface area (Å²) in [5.41, 5.74) is 1.94. The van der Waals surface area contributed by atoms with Gasteiger partial charge >= 0.3 is 11.9 Å². The van der Waals surface area contributed by atoms with E-state index in [2.05, 4.69) is 0 Å². The first-order chi connectivity index (χ1) is 13.9. The van der Waals surface area contributed by atoms with Gasteiger partial charge in [0.2, 0.25) is 0 Å². The molecule has 0 fully saturated rings. The van der Waals surface area contributed by atoms with Crippen LogP contribution in [-0.4, -0.2) is 54.6 Å². The first kappa shape index (κ1) is 21.9. The molecule has 2 aromatic rings. The molecule has 0 radical (unpaired) electrons. The Labute approximate surface area is 169 Å². The van der Waals surface area contributed by atoms with Crippen molar-refractivity contribution in [2.45, 2.75) is 6.42 Å². The fraction of sp³-hybridized carbons (Fsp3) is 0.333. The zero-order valence-corrected chi connectivity index (χ0v) is 17.3. The summed E-state index contributed by atoms with van der Waals surface area (Å²) in [6, 6.07) is 6.30. The molecule has 0 N–H and O–H groups in total. The molecule has 0 spiro atoms. The zero-order valence-electron chi connectivity index (χ0n) is 17.3. The third kappa shape index (κ3) is 4.53. The summed E-state index contributed by atoms with van der Waals surface area (Å²) in [6.07, 6.45) is 0.293. The molecule has 156 valence electrons. The molecule has 8 nitrogen and oxygen atoms in total. The molecule has 0 unspecified atom stereocenters. The lowest BCUT2D eigenvalue weighted by Crippen LogP contribution is -2.08. The molecule has 0 saturated carbocycles. The Balaban J connectivity index is 2.63. The largest absolute Gasteiger partial charge is 0.496 e. The van der Waals surface area contributed by atoms with Gasteiger partial charge in [-0.3, -0.25) is 0 Å². The highest BCUT2D eigenvalue weighted by molar-refractivity contribution is 5.91. The summed E-state index contributed by atoms with van der Waals surface area (Å²) in [6.45, 7) is 0. The third-order valence-corrected chi connectivity index (χ3v) is 4.41. The first-order valence-corrected chi connectivity index (χ1v) is 8.60. The van der Waals surface area contributed by atoms with Crippen molar-refractivity contribution in [3.05, 3.63) is 46.5 Å². The summed E-state index contributed by atoms with van der Waals surface area (Å²) in [5, 5.41) is 0. The maximum Gasteiger partial charge on any atom is 0.338 e. The third-order valence-electron chi connectivity index (χ3n) is 4.41. The van der Waals surface area contributed by atoms with Gasteiger partial charge in [0, 0.05) is 17.5 Å². The number of esters is 2. The van der Waals surface area contributed by atoms with Crippen LogP contribution in [-0.2, 0) is 15.9 Å². The molecular formula is C21H24O8. The minimum Gasteiger partial charge on any atom is -0.496 e. The molecule has 8 heteroatoms. The predicted octanol–water partition coefficient (Wildman–Crippen LogP) is 2.89.